The van der Waals surface area contributed by atoms with Gasteiger partial charge in [0.1, 0.15) is 0 Å². The molecule has 1 saturated heterocycles. The molecule has 1 aromatic heterocycles. The quantitative estimate of drug-likeness (QED) is 0.847. The number of rotatable bonds is 2. The second-order valence-electron chi connectivity index (χ2n) is 5.55. The molecule has 18 heavy (non-hydrogen) atoms. The molecule has 3 rings (SSSR count). The normalized spacial score (nSPS) is 18.1. The van der Waals surface area contributed by atoms with Crippen molar-refractivity contribution in [2.45, 2.75) is 39.2 Å². The van der Waals surface area contributed by atoms with Crippen molar-refractivity contribution in [3.63, 3.8) is 0 Å². The molecule has 0 bridgehead atoms. The van der Waals surface area contributed by atoms with Gasteiger partial charge < -0.3 is 4.98 Å². The maximum atomic E-state index is 3.39. The first-order valence-electron chi connectivity index (χ1n) is 7.12. The molecule has 0 aliphatic carbocycles. The number of fused-ring (bicyclic) bond motifs is 1. The Labute approximate surface area is 109 Å². The number of aromatic nitrogens is 1. The van der Waals surface area contributed by atoms with Crippen LogP contribution in [0, 0.1) is 6.92 Å². The number of nitrogens with zero attached hydrogens (tertiary/aromatic N) is 1. The van der Waals surface area contributed by atoms with Gasteiger partial charge in [0.05, 0.1) is 0 Å². The van der Waals surface area contributed by atoms with Crippen molar-refractivity contribution in [3.05, 3.63) is 35.5 Å². The molecule has 2 heteroatoms. The number of hydrogen-bond donors (Lipinski definition) is 1. The van der Waals surface area contributed by atoms with Crippen LogP contribution < -0.4 is 0 Å². The van der Waals surface area contributed by atoms with Crippen LogP contribution in [-0.4, -0.2) is 23.0 Å². The fraction of sp³-hybridized carbons (Fsp3) is 0.500. The lowest BCUT2D eigenvalue weighted by molar-refractivity contribution is 0.278. The minimum absolute atomic E-state index is 1.10. The fourth-order valence-corrected chi connectivity index (χ4v) is 2.96. The standard InChI is InChI=1S/C16H22N2/c1-13-6-7-16-15(10-13)14(11-17-16)12-18-8-4-2-3-5-9-18/h6-7,10-11,17H,2-5,8-9,12H2,1H3. The van der Waals surface area contributed by atoms with Crippen molar-refractivity contribution < 1.29 is 0 Å². The third-order valence-electron chi connectivity index (χ3n) is 4.02. The van der Waals surface area contributed by atoms with Crippen molar-refractivity contribution in [1.82, 2.24) is 9.88 Å². The van der Waals surface area contributed by atoms with Gasteiger partial charge in [0.2, 0.25) is 0 Å². The van der Waals surface area contributed by atoms with Crippen molar-refractivity contribution in [2.24, 2.45) is 0 Å². The molecule has 0 saturated carbocycles. The first-order valence-corrected chi connectivity index (χ1v) is 7.12. The van der Waals surface area contributed by atoms with Crippen molar-refractivity contribution in [1.29, 1.82) is 0 Å². The largest absolute Gasteiger partial charge is 0.361 e. The fourth-order valence-electron chi connectivity index (χ4n) is 2.96. The smallest absolute Gasteiger partial charge is 0.0457 e. The van der Waals surface area contributed by atoms with Gasteiger partial charge in [-0.25, -0.2) is 0 Å². The van der Waals surface area contributed by atoms with Crippen LogP contribution >= 0.6 is 0 Å². The minimum Gasteiger partial charge on any atom is -0.361 e. The summed E-state index contributed by atoms with van der Waals surface area (Å²) in [4.78, 5) is 6.00. The number of H-pyrrole nitrogens is 1. The van der Waals surface area contributed by atoms with E-state index in [-0.39, 0.29) is 0 Å². The number of aromatic amines is 1. The highest BCUT2D eigenvalue weighted by Crippen LogP contribution is 2.22. The van der Waals surface area contributed by atoms with E-state index in [1.165, 1.54) is 60.8 Å². The zero-order valence-corrected chi connectivity index (χ0v) is 11.2. The van der Waals surface area contributed by atoms with Gasteiger partial charge in [-0.2, -0.15) is 0 Å². The molecule has 1 aromatic carbocycles. The van der Waals surface area contributed by atoms with E-state index >= 15 is 0 Å². The monoisotopic (exact) mass is 242 g/mol. The van der Waals surface area contributed by atoms with Crippen molar-refractivity contribution in [3.8, 4) is 0 Å². The molecule has 1 fully saturated rings. The predicted molar refractivity (Wildman–Crippen MR) is 76.8 cm³/mol. The highest BCUT2D eigenvalue weighted by molar-refractivity contribution is 5.83. The summed E-state index contributed by atoms with van der Waals surface area (Å²) in [6, 6.07) is 6.67. The van der Waals surface area contributed by atoms with Crippen LogP contribution in [0.5, 0.6) is 0 Å². The number of benzene rings is 1. The van der Waals surface area contributed by atoms with Gasteiger partial charge in [0.25, 0.3) is 0 Å². The van der Waals surface area contributed by atoms with Gasteiger partial charge in [-0.05, 0) is 50.6 Å². The molecule has 1 aliphatic heterocycles. The lowest BCUT2D eigenvalue weighted by Crippen LogP contribution is -2.23. The van der Waals surface area contributed by atoms with Crippen LogP contribution in [0.1, 0.15) is 36.8 Å². The van der Waals surface area contributed by atoms with Gasteiger partial charge in [-0.3, -0.25) is 4.90 Å². The van der Waals surface area contributed by atoms with E-state index in [0.29, 0.717) is 0 Å². The summed E-state index contributed by atoms with van der Waals surface area (Å²) in [5.74, 6) is 0. The molecule has 0 unspecified atom stereocenters. The van der Waals surface area contributed by atoms with Gasteiger partial charge in [-0.15, -0.1) is 0 Å². The molecule has 2 nitrogen and oxygen atoms in total. The number of aryl methyl sites for hydroxylation is 1. The summed E-state index contributed by atoms with van der Waals surface area (Å²) < 4.78 is 0. The Kier molecular flexibility index (Phi) is 3.37. The highest BCUT2D eigenvalue weighted by Gasteiger charge is 2.12. The molecular weight excluding hydrogens is 220 g/mol. The van der Waals surface area contributed by atoms with Crippen LogP contribution in [0.25, 0.3) is 10.9 Å². The molecule has 2 aromatic rings. The number of likely N-dealkylation sites (tertiary alicyclic amines) is 1. The third-order valence-corrected chi connectivity index (χ3v) is 4.02. The third kappa shape index (κ3) is 2.44. The molecule has 2 heterocycles. The summed E-state index contributed by atoms with van der Waals surface area (Å²) in [6.45, 7) is 5.79. The second kappa shape index (κ2) is 5.15. The Hall–Kier alpha value is -1.28. The van der Waals surface area contributed by atoms with Gasteiger partial charge >= 0.3 is 0 Å². The summed E-state index contributed by atoms with van der Waals surface area (Å²) in [6.07, 6.45) is 7.73. The van der Waals surface area contributed by atoms with Crippen LogP contribution in [0.15, 0.2) is 24.4 Å². The zero-order chi connectivity index (χ0) is 12.4. The zero-order valence-electron chi connectivity index (χ0n) is 11.2. The Morgan fingerprint density at radius 1 is 1.11 bits per heavy atom. The summed E-state index contributed by atoms with van der Waals surface area (Å²) in [5.41, 5.74) is 4.07. The van der Waals surface area contributed by atoms with E-state index in [1.54, 1.807) is 0 Å². The summed E-state index contributed by atoms with van der Waals surface area (Å²) >= 11 is 0. The summed E-state index contributed by atoms with van der Waals surface area (Å²) in [5, 5.41) is 1.40. The van der Waals surface area contributed by atoms with Gasteiger partial charge in [0.15, 0.2) is 0 Å². The average Bonchev–Trinajstić information content (AvgIpc) is 2.60. The molecule has 96 valence electrons. The van der Waals surface area contributed by atoms with E-state index in [2.05, 4.69) is 41.2 Å². The molecular formula is C16H22N2. The van der Waals surface area contributed by atoms with Crippen LogP contribution in [-0.2, 0) is 6.54 Å². The van der Waals surface area contributed by atoms with E-state index < -0.39 is 0 Å². The maximum absolute atomic E-state index is 3.39. The van der Waals surface area contributed by atoms with E-state index in [1.807, 2.05) is 0 Å². The number of hydrogen-bond acceptors (Lipinski definition) is 1. The first kappa shape index (κ1) is 11.8. The maximum Gasteiger partial charge on any atom is 0.0457 e. The molecule has 1 aliphatic rings. The average molecular weight is 242 g/mol. The molecule has 0 atom stereocenters. The molecule has 1 N–H and O–H groups in total. The SMILES string of the molecule is Cc1ccc2[nH]cc(CN3CCCCCC3)c2c1. The van der Waals surface area contributed by atoms with Crippen LogP contribution in [0.3, 0.4) is 0 Å². The van der Waals surface area contributed by atoms with Gasteiger partial charge in [0, 0.05) is 23.6 Å². The van der Waals surface area contributed by atoms with Crippen molar-refractivity contribution >= 4 is 10.9 Å². The van der Waals surface area contributed by atoms with E-state index in [0.717, 1.165) is 6.54 Å². The van der Waals surface area contributed by atoms with Crippen LogP contribution in [0.2, 0.25) is 0 Å². The van der Waals surface area contributed by atoms with E-state index in [4.69, 9.17) is 0 Å². The topological polar surface area (TPSA) is 19.0 Å². The predicted octanol–water partition coefficient (Wildman–Crippen LogP) is 3.85. The second-order valence-corrected chi connectivity index (χ2v) is 5.55. The van der Waals surface area contributed by atoms with E-state index in [9.17, 15) is 0 Å². The van der Waals surface area contributed by atoms with Crippen molar-refractivity contribution in [2.75, 3.05) is 13.1 Å². The number of nitrogens with one attached hydrogen (secondary N) is 1. The Morgan fingerprint density at radius 3 is 2.67 bits per heavy atom. The summed E-state index contributed by atoms with van der Waals surface area (Å²) in [7, 11) is 0. The lowest BCUT2D eigenvalue weighted by Gasteiger charge is -2.19. The van der Waals surface area contributed by atoms with Crippen LogP contribution in [0.4, 0.5) is 0 Å². The molecule has 0 radical (unpaired) electrons. The Morgan fingerprint density at radius 2 is 1.89 bits per heavy atom. The highest BCUT2D eigenvalue weighted by atomic mass is 15.1. The van der Waals surface area contributed by atoms with Gasteiger partial charge in [-0.1, -0.05) is 24.5 Å². The molecule has 0 amide bonds. The lowest BCUT2D eigenvalue weighted by atomic mass is 10.1. The minimum atomic E-state index is 1.10. The Bertz CT molecular complexity index is 519. The Balaban J connectivity index is 1.83. The first-order chi connectivity index (χ1) is 8.83. The molecule has 0 spiro atoms.